The fourth-order valence-corrected chi connectivity index (χ4v) is 1.52. The van der Waals surface area contributed by atoms with Gasteiger partial charge in [0.15, 0.2) is 0 Å². The van der Waals surface area contributed by atoms with Crippen molar-refractivity contribution in [3.05, 3.63) is 23.8 Å². The fourth-order valence-electron chi connectivity index (χ4n) is 1.52. The van der Waals surface area contributed by atoms with Gasteiger partial charge in [-0.15, -0.1) is 0 Å². The van der Waals surface area contributed by atoms with Crippen molar-refractivity contribution >= 4 is 0 Å². The van der Waals surface area contributed by atoms with E-state index >= 15 is 0 Å². The highest BCUT2D eigenvalue weighted by Crippen LogP contribution is 2.17. The van der Waals surface area contributed by atoms with Crippen LogP contribution in [0.25, 0.3) is 0 Å². The molecule has 68 valence electrons. The first-order valence-electron chi connectivity index (χ1n) is 4.99. The molecule has 0 saturated carbocycles. The van der Waals surface area contributed by atoms with Crippen molar-refractivity contribution in [1.29, 1.82) is 0 Å². The smallest absolute Gasteiger partial charge is 0.00425 e. The second-order valence-corrected chi connectivity index (χ2v) is 3.36. The molecule has 0 amide bonds. The zero-order valence-corrected chi connectivity index (χ0v) is 7.76. The zero-order chi connectivity index (χ0) is 8.65. The maximum absolute atomic E-state index is 5.40. The Kier molecular flexibility index (Phi) is 4.77. The molecule has 0 bridgehead atoms. The summed E-state index contributed by atoms with van der Waals surface area (Å²) in [5.41, 5.74) is 6.92. The van der Waals surface area contributed by atoms with Crippen LogP contribution in [-0.4, -0.2) is 6.54 Å². The van der Waals surface area contributed by atoms with Crippen LogP contribution in [0.5, 0.6) is 0 Å². The van der Waals surface area contributed by atoms with Crippen LogP contribution in [0, 0.1) is 0 Å². The Hall–Kier alpha value is -0.560. The Morgan fingerprint density at radius 2 is 2.25 bits per heavy atom. The molecule has 0 radical (unpaired) electrons. The molecule has 2 N–H and O–H groups in total. The second kappa shape index (κ2) is 6.01. The molecule has 0 heterocycles. The molecule has 1 aliphatic carbocycles. The van der Waals surface area contributed by atoms with Crippen molar-refractivity contribution in [3.63, 3.8) is 0 Å². The van der Waals surface area contributed by atoms with Crippen molar-refractivity contribution in [2.45, 2.75) is 38.5 Å². The van der Waals surface area contributed by atoms with Crippen LogP contribution < -0.4 is 5.73 Å². The van der Waals surface area contributed by atoms with Gasteiger partial charge in [-0.05, 0) is 38.6 Å². The number of allylic oxidation sites excluding steroid dienone is 3. The van der Waals surface area contributed by atoms with Crippen molar-refractivity contribution in [3.8, 4) is 0 Å². The fraction of sp³-hybridized carbons (Fsp3) is 0.636. The van der Waals surface area contributed by atoms with Gasteiger partial charge in [0.1, 0.15) is 0 Å². The molecule has 0 atom stereocenters. The third-order valence-electron chi connectivity index (χ3n) is 2.24. The van der Waals surface area contributed by atoms with E-state index in [2.05, 4.69) is 18.2 Å². The normalized spacial score (nSPS) is 19.2. The number of hydrogen-bond acceptors (Lipinski definition) is 1. The number of rotatable bonds is 3. The second-order valence-electron chi connectivity index (χ2n) is 3.36. The first-order valence-corrected chi connectivity index (χ1v) is 4.99. The third kappa shape index (κ3) is 3.72. The molecular formula is C11H19N. The molecule has 1 heteroatoms. The summed E-state index contributed by atoms with van der Waals surface area (Å²) in [4.78, 5) is 0. The first-order chi connectivity index (χ1) is 5.93. The van der Waals surface area contributed by atoms with Gasteiger partial charge in [-0.3, -0.25) is 0 Å². The highest BCUT2D eigenvalue weighted by molar-refractivity contribution is 5.19. The molecule has 0 fully saturated rings. The van der Waals surface area contributed by atoms with Crippen LogP contribution in [0.15, 0.2) is 23.8 Å². The molecule has 0 aromatic carbocycles. The van der Waals surface area contributed by atoms with E-state index < -0.39 is 0 Å². The minimum absolute atomic E-state index is 0.768. The third-order valence-corrected chi connectivity index (χ3v) is 2.24. The summed E-state index contributed by atoms with van der Waals surface area (Å²) in [6, 6.07) is 0. The molecule has 0 aromatic rings. The lowest BCUT2D eigenvalue weighted by molar-refractivity contribution is 0.713. The van der Waals surface area contributed by atoms with Crippen LogP contribution >= 0.6 is 0 Å². The minimum atomic E-state index is 0.768. The molecule has 12 heavy (non-hydrogen) atoms. The Bertz CT molecular complexity index is 168. The van der Waals surface area contributed by atoms with Gasteiger partial charge in [0.05, 0.1) is 0 Å². The Labute approximate surface area is 75.3 Å². The highest BCUT2D eigenvalue weighted by atomic mass is 14.5. The first kappa shape index (κ1) is 9.53. The van der Waals surface area contributed by atoms with Crippen LogP contribution in [0.1, 0.15) is 38.5 Å². The molecule has 0 spiro atoms. The summed E-state index contributed by atoms with van der Waals surface area (Å²) < 4.78 is 0. The predicted octanol–water partition coefficient (Wildman–Crippen LogP) is 2.78. The zero-order valence-electron chi connectivity index (χ0n) is 7.76. The summed E-state index contributed by atoms with van der Waals surface area (Å²) >= 11 is 0. The maximum Gasteiger partial charge on any atom is -0.00425 e. The monoisotopic (exact) mass is 165 g/mol. The van der Waals surface area contributed by atoms with E-state index in [9.17, 15) is 0 Å². The van der Waals surface area contributed by atoms with Gasteiger partial charge >= 0.3 is 0 Å². The topological polar surface area (TPSA) is 26.0 Å². The van der Waals surface area contributed by atoms with Gasteiger partial charge in [-0.25, -0.2) is 0 Å². The van der Waals surface area contributed by atoms with E-state index in [1.54, 1.807) is 0 Å². The van der Waals surface area contributed by atoms with Crippen molar-refractivity contribution in [2.24, 2.45) is 5.73 Å². The average Bonchev–Trinajstić information content (AvgIpc) is 2.33. The van der Waals surface area contributed by atoms with Crippen molar-refractivity contribution in [1.82, 2.24) is 0 Å². The Balaban J connectivity index is 2.33. The van der Waals surface area contributed by atoms with Crippen LogP contribution in [0.3, 0.4) is 0 Å². The van der Waals surface area contributed by atoms with E-state index in [0.717, 1.165) is 13.0 Å². The van der Waals surface area contributed by atoms with Gasteiger partial charge in [0.25, 0.3) is 0 Å². The predicted molar refractivity (Wildman–Crippen MR) is 54.0 cm³/mol. The van der Waals surface area contributed by atoms with Crippen molar-refractivity contribution < 1.29 is 0 Å². The van der Waals surface area contributed by atoms with E-state index in [4.69, 9.17) is 5.73 Å². The lowest BCUT2D eigenvalue weighted by Crippen LogP contribution is -1.95. The molecule has 0 aromatic heterocycles. The molecule has 0 unspecified atom stereocenters. The Morgan fingerprint density at radius 3 is 3.08 bits per heavy atom. The quantitative estimate of drug-likeness (QED) is 0.683. The maximum atomic E-state index is 5.40. The van der Waals surface area contributed by atoms with Gasteiger partial charge in [0, 0.05) is 0 Å². The van der Waals surface area contributed by atoms with Crippen LogP contribution in [0.2, 0.25) is 0 Å². The molecule has 1 nitrogen and oxygen atoms in total. The van der Waals surface area contributed by atoms with Gasteiger partial charge in [-0.1, -0.05) is 30.2 Å². The van der Waals surface area contributed by atoms with Gasteiger partial charge in [-0.2, -0.15) is 0 Å². The average molecular weight is 165 g/mol. The standard InChI is InChI=1S/C11H19N/c12-10-6-5-9-11-7-3-1-2-4-8-11/h5,7,9H,1-4,6,8,10,12H2/b9-5+. The minimum Gasteiger partial charge on any atom is -0.330 e. The van der Waals surface area contributed by atoms with E-state index in [1.807, 2.05) is 0 Å². The molecule has 0 aliphatic heterocycles. The van der Waals surface area contributed by atoms with Crippen LogP contribution in [-0.2, 0) is 0 Å². The van der Waals surface area contributed by atoms with E-state index in [1.165, 1.54) is 37.7 Å². The summed E-state index contributed by atoms with van der Waals surface area (Å²) in [5, 5.41) is 0. The van der Waals surface area contributed by atoms with Crippen molar-refractivity contribution in [2.75, 3.05) is 6.54 Å². The summed E-state index contributed by atoms with van der Waals surface area (Å²) in [6.07, 6.45) is 14.5. The van der Waals surface area contributed by atoms with Crippen LogP contribution in [0.4, 0.5) is 0 Å². The lowest BCUT2D eigenvalue weighted by atomic mass is 10.1. The summed E-state index contributed by atoms with van der Waals surface area (Å²) in [5.74, 6) is 0. The molecular weight excluding hydrogens is 146 g/mol. The summed E-state index contributed by atoms with van der Waals surface area (Å²) in [6.45, 7) is 0.768. The number of hydrogen-bond donors (Lipinski definition) is 1. The molecule has 1 aliphatic rings. The highest BCUT2D eigenvalue weighted by Gasteiger charge is 1.98. The Morgan fingerprint density at radius 1 is 1.33 bits per heavy atom. The SMILES string of the molecule is NCC/C=C/C1=CCCCCC1. The number of nitrogens with two attached hydrogens (primary N) is 1. The largest absolute Gasteiger partial charge is 0.330 e. The van der Waals surface area contributed by atoms with Gasteiger partial charge < -0.3 is 5.73 Å². The lowest BCUT2D eigenvalue weighted by Gasteiger charge is -1.96. The van der Waals surface area contributed by atoms with E-state index in [0.29, 0.717) is 0 Å². The summed E-state index contributed by atoms with van der Waals surface area (Å²) in [7, 11) is 0. The van der Waals surface area contributed by atoms with Gasteiger partial charge in [0.2, 0.25) is 0 Å². The molecule has 1 rings (SSSR count). The van der Waals surface area contributed by atoms with E-state index in [-0.39, 0.29) is 0 Å². The molecule has 0 saturated heterocycles.